The summed E-state index contributed by atoms with van der Waals surface area (Å²) in [5.41, 5.74) is 0.181. The van der Waals surface area contributed by atoms with E-state index in [1.165, 1.54) is 43.5 Å². The Balaban J connectivity index is 1.88. The molecule has 0 atom stereocenters. The summed E-state index contributed by atoms with van der Waals surface area (Å²) in [6.45, 7) is -0.367. The minimum Gasteiger partial charge on any atom is -0.352 e. The van der Waals surface area contributed by atoms with E-state index in [4.69, 9.17) is 23.2 Å². The Kier molecular flexibility index (Phi) is 8.03. The normalized spacial score (nSPS) is 15.8. The van der Waals surface area contributed by atoms with Gasteiger partial charge >= 0.3 is 0 Å². The van der Waals surface area contributed by atoms with Gasteiger partial charge in [-0.15, -0.1) is 0 Å². The molecule has 0 bridgehead atoms. The molecule has 1 amide bonds. The van der Waals surface area contributed by atoms with Crippen LogP contribution in [0.15, 0.2) is 53.4 Å². The molecular formula is C22H26Cl2N2O3S. The Bertz CT molecular complexity index is 960. The fraction of sp³-hybridized carbons (Fsp3) is 0.409. The lowest BCUT2D eigenvalue weighted by Gasteiger charge is -2.27. The monoisotopic (exact) mass is 468 g/mol. The van der Waals surface area contributed by atoms with Crippen LogP contribution >= 0.6 is 23.2 Å². The summed E-state index contributed by atoms with van der Waals surface area (Å²) >= 11 is 12.4. The first kappa shape index (κ1) is 22.9. The molecule has 1 aliphatic carbocycles. The molecule has 3 rings (SSSR count). The van der Waals surface area contributed by atoms with E-state index in [1.54, 1.807) is 24.3 Å². The Morgan fingerprint density at radius 2 is 1.60 bits per heavy atom. The van der Waals surface area contributed by atoms with Gasteiger partial charge in [-0.2, -0.15) is 0 Å². The Morgan fingerprint density at radius 1 is 0.967 bits per heavy atom. The van der Waals surface area contributed by atoms with Crippen molar-refractivity contribution >= 4 is 44.8 Å². The van der Waals surface area contributed by atoms with Gasteiger partial charge in [-0.3, -0.25) is 9.10 Å². The van der Waals surface area contributed by atoms with Crippen molar-refractivity contribution < 1.29 is 13.2 Å². The minimum atomic E-state index is -4.01. The van der Waals surface area contributed by atoms with Crippen molar-refractivity contribution in [3.8, 4) is 0 Å². The molecule has 0 saturated heterocycles. The highest BCUT2D eigenvalue weighted by molar-refractivity contribution is 7.92. The number of sulfonamides is 1. The van der Waals surface area contributed by atoms with Crippen molar-refractivity contribution in [3.05, 3.63) is 58.6 Å². The number of benzene rings is 2. The number of anilines is 1. The predicted octanol–water partition coefficient (Wildman–Crippen LogP) is 5.42. The molecule has 1 N–H and O–H groups in total. The highest BCUT2D eigenvalue weighted by Crippen LogP contribution is 2.33. The summed E-state index contributed by atoms with van der Waals surface area (Å²) < 4.78 is 27.8. The maximum Gasteiger partial charge on any atom is 0.264 e. The molecule has 0 radical (unpaired) electrons. The third kappa shape index (κ3) is 5.90. The third-order valence-corrected chi connectivity index (χ3v) is 7.59. The van der Waals surface area contributed by atoms with Crippen LogP contribution in [0.2, 0.25) is 10.0 Å². The maximum absolute atomic E-state index is 13.4. The van der Waals surface area contributed by atoms with Crippen LogP contribution in [0, 0.1) is 0 Å². The molecule has 0 unspecified atom stereocenters. The first-order valence-corrected chi connectivity index (χ1v) is 12.4. The summed E-state index contributed by atoms with van der Waals surface area (Å²) in [7, 11) is -4.01. The number of carbonyl (C=O) groups excluding carboxylic acids is 1. The Hall–Kier alpha value is -1.76. The zero-order chi connectivity index (χ0) is 21.6. The van der Waals surface area contributed by atoms with Crippen LogP contribution in [0.3, 0.4) is 0 Å². The van der Waals surface area contributed by atoms with Gasteiger partial charge in [0.2, 0.25) is 5.91 Å². The second-order valence-corrected chi connectivity index (χ2v) is 10.2. The number of nitrogens with zero attached hydrogens (tertiary/aromatic N) is 1. The number of carbonyl (C=O) groups is 1. The van der Waals surface area contributed by atoms with Crippen molar-refractivity contribution in [2.75, 3.05) is 10.8 Å². The smallest absolute Gasteiger partial charge is 0.264 e. The van der Waals surface area contributed by atoms with Gasteiger partial charge in [-0.05, 0) is 43.2 Å². The van der Waals surface area contributed by atoms with E-state index < -0.39 is 10.0 Å². The Labute approximate surface area is 188 Å². The molecule has 0 aliphatic heterocycles. The highest BCUT2D eigenvalue weighted by Gasteiger charge is 2.29. The lowest BCUT2D eigenvalue weighted by molar-refractivity contribution is -0.120. The molecule has 2 aromatic rings. The lowest BCUT2D eigenvalue weighted by atomic mass is 9.97. The van der Waals surface area contributed by atoms with Gasteiger partial charge in [0.05, 0.1) is 15.6 Å². The number of halogens is 2. The van der Waals surface area contributed by atoms with Crippen molar-refractivity contribution in [1.29, 1.82) is 0 Å². The maximum atomic E-state index is 13.4. The van der Waals surface area contributed by atoms with Crippen LogP contribution in [0.1, 0.15) is 44.9 Å². The third-order valence-electron chi connectivity index (χ3n) is 5.27. The average Bonchev–Trinajstić information content (AvgIpc) is 2.70. The predicted molar refractivity (Wildman–Crippen MR) is 122 cm³/mol. The topological polar surface area (TPSA) is 66.5 Å². The van der Waals surface area contributed by atoms with E-state index in [2.05, 4.69) is 5.32 Å². The van der Waals surface area contributed by atoms with Gasteiger partial charge in [0.15, 0.2) is 0 Å². The van der Waals surface area contributed by atoms with E-state index in [1.807, 2.05) is 0 Å². The van der Waals surface area contributed by atoms with E-state index in [-0.39, 0.29) is 34.1 Å². The fourth-order valence-electron chi connectivity index (χ4n) is 3.70. The molecule has 0 aromatic heterocycles. The summed E-state index contributed by atoms with van der Waals surface area (Å²) in [6.07, 6.45) is 7.52. The molecule has 1 fully saturated rings. The molecule has 1 saturated carbocycles. The van der Waals surface area contributed by atoms with Crippen LogP contribution < -0.4 is 9.62 Å². The second kappa shape index (κ2) is 10.5. The van der Waals surface area contributed by atoms with Crippen molar-refractivity contribution in [1.82, 2.24) is 5.32 Å². The van der Waals surface area contributed by atoms with E-state index >= 15 is 0 Å². The SMILES string of the molecule is O=C(CN(c1cc(Cl)ccc1Cl)S(=O)(=O)c1ccccc1)NC1CCCCCCC1. The standard InChI is InChI=1S/C22H26Cl2N2O3S/c23-17-13-14-20(24)21(15-17)26(30(28,29)19-11-7-4-8-12-19)16-22(27)25-18-9-5-2-1-3-6-10-18/h4,7-8,11-15,18H,1-3,5-6,9-10,16H2,(H,25,27). The number of amides is 1. The molecular weight excluding hydrogens is 443 g/mol. The van der Waals surface area contributed by atoms with Gasteiger partial charge in [0, 0.05) is 11.1 Å². The first-order chi connectivity index (χ1) is 14.4. The zero-order valence-corrected chi connectivity index (χ0v) is 19.0. The Morgan fingerprint density at radius 3 is 2.27 bits per heavy atom. The van der Waals surface area contributed by atoms with Gasteiger partial charge in [0.25, 0.3) is 10.0 Å². The molecule has 8 heteroatoms. The summed E-state index contributed by atoms with van der Waals surface area (Å²) in [4.78, 5) is 13.0. The number of hydrogen-bond acceptors (Lipinski definition) is 3. The largest absolute Gasteiger partial charge is 0.352 e. The lowest BCUT2D eigenvalue weighted by Crippen LogP contribution is -2.44. The van der Waals surface area contributed by atoms with Crippen LogP contribution in [-0.4, -0.2) is 26.9 Å². The van der Waals surface area contributed by atoms with Crippen LogP contribution in [0.4, 0.5) is 5.69 Å². The molecule has 30 heavy (non-hydrogen) atoms. The van der Waals surface area contributed by atoms with Crippen molar-refractivity contribution in [2.45, 2.75) is 55.9 Å². The van der Waals surface area contributed by atoms with Crippen LogP contribution in [0.25, 0.3) is 0 Å². The summed E-state index contributed by atoms with van der Waals surface area (Å²) in [5.74, 6) is -0.351. The zero-order valence-electron chi connectivity index (χ0n) is 16.7. The van der Waals surface area contributed by atoms with Gasteiger partial charge in [-0.25, -0.2) is 8.42 Å². The number of rotatable bonds is 6. The van der Waals surface area contributed by atoms with Gasteiger partial charge in [0.1, 0.15) is 6.54 Å². The van der Waals surface area contributed by atoms with E-state index in [0.717, 1.165) is 30.0 Å². The molecule has 2 aromatic carbocycles. The molecule has 5 nitrogen and oxygen atoms in total. The highest BCUT2D eigenvalue weighted by atomic mass is 35.5. The van der Waals surface area contributed by atoms with Crippen LogP contribution in [0.5, 0.6) is 0 Å². The fourth-order valence-corrected chi connectivity index (χ4v) is 5.59. The van der Waals surface area contributed by atoms with Gasteiger partial charge in [-0.1, -0.05) is 73.5 Å². The van der Waals surface area contributed by atoms with Crippen molar-refractivity contribution in [2.24, 2.45) is 0 Å². The molecule has 1 aliphatic rings. The first-order valence-electron chi connectivity index (χ1n) is 10.2. The molecule has 162 valence electrons. The van der Waals surface area contributed by atoms with E-state index in [9.17, 15) is 13.2 Å². The molecule has 0 spiro atoms. The molecule has 0 heterocycles. The quantitative estimate of drug-likeness (QED) is 0.615. The summed E-state index contributed by atoms with van der Waals surface area (Å²) in [5, 5.41) is 3.57. The summed E-state index contributed by atoms with van der Waals surface area (Å²) in [6, 6.07) is 12.6. The van der Waals surface area contributed by atoms with Gasteiger partial charge < -0.3 is 5.32 Å². The van der Waals surface area contributed by atoms with Crippen molar-refractivity contribution in [3.63, 3.8) is 0 Å². The van der Waals surface area contributed by atoms with Crippen LogP contribution in [-0.2, 0) is 14.8 Å². The average molecular weight is 469 g/mol. The number of hydrogen-bond donors (Lipinski definition) is 1. The second-order valence-electron chi connectivity index (χ2n) is 7.53. The number of nitrogens with one attached hydrogen (secondary N) is 1. The minimum absolute atomic E-state index is 0.0638. The van der Waals surface area contributed by atoms with E-state index in [0.29, 0.717) is 5.02 Å².